The average Bonchev–Trinajstić information content (AvgIpc) is 1.73. The van der Waals surface area contributed by atoms with Crippen molar-refractivity contribution in [1.29, 1.82) is 0 Å². The predicted octanol–water partition coefficient (Wildman–Crippen LogP) is 27.6. The number of nitrogens with one attached hydrogen (secondary N) is 4. The van der Waals surface area contributed by atoms with Crippen molar-refractivity contribution in [2.24, 2.45) is 0 Å². The number of anilines is 3. The van der Waals surface area contributed by atoms with Crippen LogP contribution in [0.2, 0.25) is 0 Å². The van der Waals surface area contributed by atoms with E-state index in [0.29, 0.717) is 18.6 Å². The molecule has 2 aliphatic carbocycles. The van der Waals surface area contributed by atoms with Gasteiger partial charge >= 0.3 is 18.3 Å². The summed E-state index contributed by atoms with van der Waals surface area (Å²) >= 11 is 0. The van der Waals surface area contributed by atoms with Crippen molar-refractivity contribution in [3.8, 4) is 0 Å². The third-order valence-corrected chi connectivity index (χ3v) is 26.5. The maximum absolute atomic E-state index is 12.2. The maximum Gasteiger partial charge on any atom is 0.410 e. The third-order valence-electron chi connectivity index (χ3n) is 26.5. The number of rotatable bonds is 3. The van der Waals surface area contributed by atoms with Crippen LogP contribution in [-0.2, 0) is 118 Å². The molecule has 0 saturated carbocycles. The highest BCUT2D eigenvalue weighted by molar-refractivity contribution is 5.93. The fourth-order valence-corrected chi connectivity index (χ4v) is 17.9. The summed E-state index contributed by atoms with van der Waals surface area (Å²) in [5.74, 6) is 0.326. The van der Waals surface area contributed by atoms with Gasteiger partial charge in [0.25, 0.3) is 0 Å². The van der Waals surface area contributed by atoms with Crippen molar-refractivity contribution in [2.75, 3.05) is 62.0 Å². The van der Waals surface area contributed by atoms with Gasteiger partial charge in [0, 0.05) is 76.7 Å². The quantitative estimate of drug-likeness (QED) is 0.125. The second-order valence-corrected chi connectivity index (χ2v) is 46.6. The van der Waals surface area contributed by atoms with Crippen molar-refractivity contribution >= 4 is 47.2 Å². The molecular weight excluding hydrogens is 1600 g/mol. The minimum atomic E-state index is -0.440. The van der Waals surface area contributed by atoms with Crippen molar-refractivity contribution in [2.45, 2.75) is 390 Å². The van der Waals surface area contributed by atoms with Crippen LogP contribution >= 0.6 is 0 Å². The van der Waals surface area contributed by atoms with E-state index in [0.717, 1.165) is 109 Å². The van der Waals surface area contributed by atoms with E-state index in [9.17, 15) is 24.0 Å². The van der Waals surface area contributed by atoms with E-state index in [-0.39, 0.29) is 85.5 Å². The molecule has 5 amide bonds. The molecule has 2 atom stereocenters. The molecule has 7 aromatic rings. The third kappa shape index (κ3) is 30.5. The maximum atomic E-state index is 12.2. The molecule has 0 spiro atoms. The van der Waals surface area contributed by atoms with Crippen molar-refractivity contribution in [1.82, 2.24) is 20.4 Å². The van der Waals surface area contributed by atoms with Gasteiger partial charge in [-0.15, -0.1) is 0 Å². The molecule has 2 unspecified atom stereocenters. The van der Waals surface area contributed by atoms with Gasteiger partial charge in [0.05, 0.1) is 25.8 Å². The lowest BCUT2D eigenvalue weighted by Crippen LogP contribution is -2.40. The zero-order valence-electron chi connectivity index (χ0n) is 86.2. The van der Waals surface area contributed by atoms with Crippen LogP contribution in [0.5, 0.6) is 0 Å². The molecule has 7 aromatic carbocycles. The SMILES string of the molecule is CC(=O)N1CCCC(C)(C)c2ccc(C(C)(C)C)cc21.CC(=O)N1CCc2ccc(C(C)(C)C)cc2C1.CC(C)(C)OC(=O)N1CCc2ccc(C(C)(C)C)cc2C1.CC(C)(C)c1ccc2c(c1)NCCCC2.CC(C)(C)c1ccc2c(c1)NCCCC2(C)C.CCOC(=O)NC1CCCc2ccc(C(C)(C)C)cc21.COC(=O)NC1CCCc2ccc(C(C)(C)C)cc21. The van der Waals surface area contributed by atoms with E-state index in [1.54, 1.807) is 18.7 Å². The Morgan fingerprint density at radius 2 is 0.767 bits per heavy atom. The van der Waals surface area contributed by atoms with Crippen LogP contribution in [0.1, 0.15) is 391 Å². The Morgan fingerprint density at radius 1 is 0.388 bits per heavy atom. The van der Waals surface area contributed by atoms with Crippen molar-refractivity contribution in [3.63, 3.8) is 0 Å². The lowest BCUT2D eigenvalue weighted by molar-refractivity contribution is -0.129. The second-order valence-electron chi connectivity index (χ2n) is 46.6. The first-order valence-electron chi connectivity index (χ1n) is 48.5. The summed E-state index contributed by atoms with van der Waals surface area (Å²) in [5, 5.41) is 13.1. The van der Waals surface area contributed by atoms with Gasteiger partial charge in [0.2, 0.25) is 11.8 Å². The molecule has 15 heteroatoms. The summed E-state index contributed by atoms with van der Waals surface area (Å²) in [7, 11) is 1.41. The number of carbonyl (C=O) groups is 5. The molecule has 4 N–H and O–H groups in total. The summed E-state index contributed by atoms with van der Waals surface area (Å²) in [6.45, 7) is 73.5. The monoisotopic (exact) mass is 1760 g/mol. The van der Waals surface area contributed by atoms with E-state index in [2.05, 4.69) is 322 Å². The Balaban J connectivity index is 0.000000186. The highest BCUT2D eigenvalue weighted by Crippen LogP contribution is 2.44. The number of carbonyl (C=O) groups excluding carboxylic acids is 5. The van der Waals surface area contributed by atoms with Crippen LogP contribution in [0.25, 0.3) is 0 Å². The van der Waals surface area contributed by atoms with Crippen LogP contribution in [-0.4, -0.2) is 91.9 Å². The molecule has 708 valence electrons. The Hall–Kier alpha value is -9.11. The first-order valence-corrected chi connectivity index (χ1v) is 48.5. The Morgan fingerprint density at radius 3 is 1.22 bits per heavy atom. The standard InChI is InChI=1S/C18H27NO2.C18H27NO.C17H25NO2.C16H23NO2.C16H25N.C15H21NO.C14H21N/c1-17(2,3)15-8-7-13-9-10-19(12-14(13)11-15)16(20)21-18(4,5)6;1-13(20)19-11-7-10-18(5,6)15-9-8-14(12-16(15)19)17(2,3)4;1-5-20-16(19)18-15-8-6-7-12-9-10-13(11-14(12)15)17(2,3)4;1-16(2,3)12-9-8-11-6-5-7-14(13(11)10-12)17-15(18)19-4;1-15(2,3)12-7-8-13-14(11-12)17-10-6-9-16(13,4)5;1-11(17)16-8-7-12-5-6-14(15(2,3)4)9-13(12)10-16;1-14(2,3)12-8-7-11-6-4-5-9-15-13(11)10-12/h7-8,11H,9-10,12H2,1-6H3;8-9,12H,7,10-11H2,1-6H3;9-11,15H,5-8H2,1-4H3,(H,18,19);8-10,14H,5-7H2,1-4H3,(H,17,18);7-8,11,17H,6,9-10H2,1-5H3;5-6,9H,7-8,10H2,1-4H3;7-8,10,15H,4-6,9H2,1-3H3. The molecule has 14 rings (SSSR count). The van der Waals surface area contributed by atoms with Crippen LogP contribution < -0.4 is 26.2 Å². The van der Waals surface area contributed by atoms with Gasteiger partial charge in [-0.2, -0.15) is 0 Å². The fourth-order valence-electron chi connectivity index (χ4n) is 17.9. The van der Waals surface area contributed by atoms with Gasteiger partial charge in [0.1, 0.15) is 5.60 Å². The van der Waals surface area contributed by atoms with Crippen LogP contribution in [0.15, 0.2) is 127 Å². The molecule has 5 aliphatic heterocycles. The highest BCUT2D eigenvalue weighted by Gasteiger charge is 2.35. The van der Waals surface area contributed by atoms with E-state index in [4.69, 9.17) is 14.2 Å². The molecule has 15 nitrogen and oxygen atoms in total. The van der Waals surface area contributed by atoms with Crippen LogP contribution in [0, 0.1) is 0 Å². The lowest BCUT2D eigenvalue weighted by Gasteiger charge is -2.32. The van der Waals surface area contributed by atoms with Gasteiger partial charge in [-0.3, -0.25) is 9.59 Å². The van der Waals surface area contributed by atoms with Gasteiger partial charge in [-0.25, -0.2) is 14.4 Å². The van der Waals surface area contributed by atoms with Gasteiger partial charge in [-0.1, -0.05) is 282 Å². The number of methoxy groups -OCH3 is 1. The largest absolute Gasteiger partial charge is 0.453 e. The zero-order valence-corrected chi connectivity index (χ0v) is 86.2. The second kappa shape index (κ2) is 43.5. The first kappa shape index (κ1) is 105. The number of hydrogen-bond donors (Lipinski definition) is 4. The van der Waals surface area contributed by atoms with Crippen molar-refractivity contribution < 1.29 is 38.2 Å². The molecule has 7 aliphatic rings. The van der Waals surface area contributed by atoms with Gasteiger partial charge in [0.15, 0.2) is 0 Å². The van der Waals surface area contributed by atoms with E-state index < -0.39 is 5.60 Å². The molecule has 0 radical (unpaired) electrons. The minimum absolute atomic E-state index is 0.0819. The molecule has 129 heavy (non-hydrogen) atoms. The molecule has 0 saturated heterocycles. The number of benzene rings is 7. The normalized spacial score (nSPS) is 17.5. The lowest BCUT2D eigenvalue weighted by atomic mass is 9.78. The van der Waals surface area contributed by atoms with Crippen LogP contribution in [0.4, 0.5) is 31.4 Å². The molecule has 0 aromatic heterocycles. The molecule has 0 bridgehead atoms. The highest BCUT2D eigenvalue weighted by atomic mass is 16.6. The smallest absolute Gasteiger partial charge is 0.410 e. The molecule has 0 fully saturated rings. The first-order chi connectivity index (χ1) is 59.8. The Labute approximate surface area is 781 Å². The summed E-state index contributed by atoms with van der Waals surface area (Å²) < 4.78 is 15.2. The Kier molecular flexibility index (Phi) is 35.5. The summed E-state index contributed by atoms with van der Waals surface area (Å²) in [6.07, 6.45) is 15.9. The number of ether oxygens (including phenoxy) is 3. The number of aryl methyl sites for hydroxylation is 3. The van der Waals surface area contributed by atoms with E-state index in [1.807, 2.05) is 37.5 Å². The Bertz CT molecular complexity index is 4950. The summed E-state index contributed by atoms with van der Waals surface area (Å²) in [4.78, 5) is 64.4. The fraction of sp³-hybridized carbons (Fsp3) is 0.588. The predicted molar refractivity (Wildman–Crippen MR) is 541 cm³/mol. The molecular formula is C114H169N7O8. The summed E-state index contributed by atoms with van der Waals surface area (Å²) in [5.41, 5.74) is 29.2. The average molecular weight is 1770 g/mol. The molecule has 5 heterocycles. The number of nitrogens with zero attached hydrogens (tertiary/aromatic N) is 3. The number of fused-ring (bicyclic) bond motifs is 7. The minimum Gasteiger partial charge on any atom is -0.453 e. The number of alkyl carbamates (subject to hydrolysis) is 2. The topological polar surface area (TPSA) is 171 Å². The van der Waals surface area contributed by atoms with Crippen molar-refractivity contribution in [3.05, 3.63) is 228 Å². The number of amides is 5. The number of hydrogen-bond acceptors (Lipinski definition) is 10. The van der Waals surface area contributed by atoms with Crippen LogP contribution in [0.3, 0.4) is 0 Å². The van der Waals surface area contributed by atoms with E-state index >= 15 is 0 Å². The summed E-state index contributed by atoms with van der Waals surface area (Å²) in [6, 6.07) is 47.5. The van der Waals surface area contributed by atoms with E-state index in [1.165, 1.54) is 151 Å². The van der Waals surface area contributed by atoms with Gasteiger partial charge in [-0.05, 0) is 291 Å². The zero-order chi connectivity index (χ0) is 96.0. The van der Waals surface area contributed by atoms with Gasteiger partial charge < -0.3 is 50.2 Å².